The summed E-state index contributed by atoms with van der Waals surface area (Å²) in [6, 6.07) is 35.4. The number of likely N-dealkylation sites (N-methyl/N-ethyl adjacent to an activating group) is 1. The standard InChI is InChI=1S/C29H42N4O2.C13H11NO2/c1-5-33(26-13-9-10-23(2)22-26)21-20-30-27(34)14-15-28(35)31-25-16-18-29(19-17-25,32(3)4)24-11-7-6-8-12-24;14-13(15)10-5-4-8-12(9-10)16-11-6-2-1-3-7-11/h6-13,22,25H,5,14-21H2,1-4H3,(H,30,34)(H,31,35);1-9H,(H2,14,15). The zero-order chi connectivity index (χ0) is 36.6. The molecule has 1 fully saturated rings. The number of carbonyl (C=O) groups excluding carboxylic acids is 3. The zero-order valence-corrected chi connectivity index (χ0v) is 30.4. The van der Waals surface area contributed by atoms with Crippen molar-refractivity contribution in [2.75, 3.05) is 38.6 Å². The number of nitrogens with one attached hydrogen (secondary N) is 2. The second-order valence-corrected chi connectivity index (χ2v) is 13.2. The number of primary amides is 1. The number of aryl methyl sites for hydroxylation is 1. The van der Waals surface area contributed by atoms with E-state index in [9.17, 15) is 14.4 Å². The van der Waals surface area contributed by atoms with Crippen LogP contribution in [0.1, 0.15) is 66.9 Å². The van der Waals surface area contributed by atoms with Crippen molar-refractivity contribution in [2.45, 2.75) is 64.0 Å². The van der Waals surface area contributed by atoms with Gasteiger partial charge in [0.25, 0.3) is 0 Å². The lowest BCUT2D eigenvalue weighted by molar-refractivity contribution is -0.127. The highest BCUT2D eigenvalue weighted by Gasteiger charge is 2.38. The SMILES string of the molecule is CCN(CCNC(=O)CCC(=O)NC1CCC(c2ccccc2)(N(C)C)CC1)c1cccc(C)c1.NC(=O)c1cccc(Oc2ccccc2)c1. The first kappa shape index (κ1) is 38.6. The Kier molecular flexibility index (Phi) is 14.6. The minimum Gasteiger partial charge on any atom is -0.457 e. The number of carbonyl (C=O) groups is 3. The van der Waals surface area contributed by atoms with Crippen LogP contribution in [0.4, 0.5) is 5.69 Å². The molecule has 0 unspecified atom stereocenters. The van der Waals surface area contributed by atoms with Gasteiger partial charge in [-0.3, -0.25) is 19.3 Å². The fourth-order valence-electron chi connectivity index (χ4n) is 6.56. The van der Waals surface area contributed by atoms with E-state index in [1.807, 2.05) is 30.3 Å². The smallest absolute Gasteiger partial charge is 0.248 e. The first-order valence-corrected chi connectivity index (χ1v) is 17.8. The van der Waals surface area contributed by atoms with Gasteiger partial charge in [-0.25, -0.2) is 0 Å². The number of nitrogens with zero attached hydrogens (tertiary/aromatic N) is 2. The number of amides is 3. The average Bonchev–Trinajstić information content (AvgIpc) is 3.14. The Hall–Kier alpha value is -5.15. The Balaban J connectivity index is 0.000000302. The van der Waals surface area contributed by atoms with Gasteiger partial charge in [-0.1, -0.05) is 66.7 Å². The van der Waals surface area contributed by atoms with Gasteiger partial charge in [-0.2, -0.15) is 0 Å². The van der Waals surface area contributed by atoms with E-state index in [0.29, 0.717) is 17.9 Å². The maximum absolute atomic E-state index is 12.5. The van der Waals surface area contributed by atoms with Gasteiger partial charge in [0.05, 0.1) is 0 Å². The largest absolute Gasteiger partial charge is 0.457 e. The van der Waals surface area contributed by atoms with Gasteiger partial charge in [0.15, 0.2) is 0 Å². The van der Waals surface area contributed by atoms with Gasteiger partial charge in [0.2, 0.25) is 17.7 Å². The van der Waals surface area contributed by atoms with Crippen molar-refractivity contribution in [3.05, 3.63) is 126 Å². The summed E-state index contributed by atoms with van der Waals surface area (Å²) in [5.41, 5.74) is 9.37. The summed E-state index contributed by atoms with van der Waals surface area (Å²) in [5, 5.41) is 6.13. The molecule has 1 saturated carbocycles. The van der Waals surface area contributed by atoms with Gasteiger partial charge in [0.1, 0.15) is 11.5 Å². The van der Waals surface area contributed by atoms with Crippen LogP contribution in [-0.4, -0.2) is 62.4 Å². The van der Waals surface area contributed by atoms with Crippen molar-refractivity contribution in [1.29, 1.82) is 0 Å². The summed E-state index contributed by atoms with van der Waals surface area (Å²) in [6.07, 6.45) is 4.35. The van der Waals surface area contributed by atoms with Crippen molar-refractivity contribution in [1.82, 2.24) is 15.5 Å². The van der Waals surface area contributed by atoms with Crippen LogP contribution in [0, 0.1) is 6.92 Å². The number of anilines is 1. The van der Waals surface area contributed by atoms with Crippen molar-refractivity contribution >= 4 is 23.4 Å². The van der Waals surface area contributed by atoms with E-state index < -0.39 is 5.91 Å². The topological polar surface area (TPSA) is 117 Å². The molecule has 0 radical (unpaired) electrons. The Morgan fingerprint density at radius 1 is 0.804 bits per heavy atom. The summed E-state index contributed by atoms with van der Waals surface area (Å²) < 4.78 is 5.56. The lowest BCUT2D eigenvalue weighted by Crippen LogP contribution is -2.48. The Bertz CT molecular complexity index is 1690. The van der Waals surface area contributed by atoms with Crippen LogP contribution in [0.3, 0.4) is 0 Å². The first-order chi connectivity index (χ1) is 24.6. The number of nitrogens with two attached hydrogens (primary N) is 1. The molecule has 1 aliphatic carbocycles. The van der Waals surface area contributed by atoms with Gasteiger partial charge in [0, 0.05) is 55.3 Å². The van der Waals surface area contributed by atoms with Crippen molar-refractivity contribution in [2.24, 2.45) is 5.73 Å². The van der Waals surface area contributed by atoms with Gasteiger partial charge in [-0.15, -0.1) is 0 Å². The molecule has 5 rings (SSSR count). The maximum atomic E-state index is 12.5. The second-order valence-electron chi connectivity index (χ2n) is 13.2. The molecule has 1 aliphatic rings. The van der Waals surface area contributed by atoms with Crippen molar-refractivity contribution in [3.8, 4) is 11.5 Å². The monoisotopic (exact) mass is 691 g/mol. The van der Waals surface area contributed by atoms with Gasteiger partial charge in [-0.05, 0) is 107 Å². The second kappa shape index (κ2) is 19.3. The average molecular weight is 692 g/mol. The summed E-state index contributed by atoms with van der Waals surface area (Å²) in [5.74, 6) is 0.766. The van der Waals surface area contributed by atoms with Crippen LogP contribution < -0.4 is 26.0 Å². The lowest BCUT2D eigenvalue weighted by atomic mass is 9.74. The van der Waals surface area contributed by atoms with E-state index >= 15 is 0 Å². The van der Waals surface area contributed by atoms with Crippen LogP contribution >= 0.6 is 0 Å². The Labute approximate surface area is 303 Å². The number of hydrogen-bond donors (Lipinski definition) is 3. The van der Waals surface area contributed by atoms with E-state index in [4.69, 9.17) is 10.5 Å². The summed E-state index contributed by atoms with van der Waals surface area (Å²) in [4.78, 5) is 40.4. The molecule has 3 amide bonds. The predicted octanol–water partition coefficient (Wildman–Crippen LogP) is 6.81. The fourth-order valence-corrected chi connectivity index (χ4v) is 6.56. The Morgan fingerprint density at radius 2 is 1.43 bits per heavy atom. The van der Waals surface area contributed by atoms with E-state index in [1.165, 1.54) is 16.8 Å². The fraction of sp³-hybridized carbons (Fsp3) is 0.357. The minimum atomic E-state index is -0.460. The van der Waals surface area contributed by atoms with Crippen LogP contribution in [-0.2, 0) is 15.1 Å². The van der Waals surface area contributed by atoms with Crippen molar-refractivity contribution < 1.29 is 19.1 Å². The van der Waals surface area contributed by atoms with Crippen LogP contribution in [0.25, 0.3) is 0 Å². The number of para-hydroxylation sites is 1. The highest BCUT2D eigenvalue weighted by Crippen LogP contribution is 2.41. The molecule has 4 aromatic rings. The first-order valence-electron chi connectivity index (χ1n) is 17.8. The summed E-state index contributed by atoms with van der Waals surface area (Å²) >= 11 is 0. The quantitative estimate of drug-likeness (QED) is 0.134. The molecule has 0 aliphatic heterocycles. The third kappa shape index (κ3) is 11.7. The highest BCUT2D eigenvalue weighted by atomic mass is 16.5. The molecule has 0 bridgehead atoms. The molecule has 51 heavy (non-hydrogen) atoms. The summed E-state index contributed by atoms with van der Waals surface area (Å²) in [6.45, 7) is 6.38. The third-order valence-electron chi connectivity index (χ3n) is 9.47. The van der Waals surface area contributed by atoms with Crippen LogP contribution in [0.15, 0.2) is 109 Å². The molecule has 270 valence electrons. The van der Waals surface area contributed by atoms with E-state index in [1.54, 1.807) is 24.3 Å². The van der Waals surface area contributed by atoms with Crippen LogP contribution in [0.2, 0.25) is 0 Å². The van der Waals surface area contributed by atoms with E-state index in [2.05, 4.69) is 103 Å². The lowest BCUT2D eigenvalue weighted by Gasteiger charge is -2.45. The molecule has 0 aromatic heterocycles. The number of rotatable bonds is 14. The molecule has 4 N–H and O–H groups in total. The molecular weight excluding hydrogens is 638 g/mol. The molecule has 4 aromatic carbocycles. The minimum absolute atomic E-state index is 0.0210. The molecule has 0 saturated heterocycles. The third-order valence-corrected chi connectivity index (χ3v) is 9.47. The van der Waals surface area contributed by atoms with Gasteiger partial charge < -0.3 is 26.0 Å². The van der Waals surface area contributed by atoms with E-state index in [0.717, 1.165) is 44.5 Å². The molecule has 0 spiro atoms. The summed E-state index contributed by atoms with van der Waals surface area (Å²) in [7, 11) is 4.29. The molecule has 9 nitrogen and oxygen atoms in total. The van der Waals surface area contributed by atoms with Gasteiger partial charge >= 0.3 is 0 Å². The number of hydrogen-bond acceptors (Lipinski definition) is 6. The molecular formula is C42H53N5O4. The number of benzene rings is 4. The van der Waals surface area contributed by atoms with Crippen molar-refractivity contribution in [3.63, 3.8) is 0 Å². The maximum Gasteiger partial charge on any atom is 0.248 e. The highest BCUT2D eigenvalue weighted by molar-refractivity contribution is 5.93. The Morgan fingerprint density at radius 3 is 2.06 bits per heavy atom. The molecule has 9 heteroatoms. The predicted molar refractivity (Wildman–Crippen MR) is 205 cm³/mol. The zero-order valence-electron chi connectivity index (χ0n) is 30.4. The molecule has 0 atom stereocenters. The molecule has 0 heterocycles. The normalized spacial score (nSPS) is 16.7. The van der Waals surface area contributed by atoms with Crippen LogP contribution in [0.5, 0.6) is 11.5 Å². The number of ether oxygens (including phenoxy) is 1. The van der Waals surface area contributed by atoms with E-state index in [-0.39, 0.29) is 36.2 Å².